The molecule has 5 heteroatoms. The molecule has 20 heavy (non-hydrogen) atoms. The second-order valence-electron chi connectivity index (χ2n) is 4.28. The molecule has 0 fully saturated rings. The minimum absolute atomic E-state index is 0.205. The van der Waals surface area contributed by atoms with Crippen LogP contribution in [0.1, 0.15) is 6.92 Å². The summed E-state index contributed by atoms with van der Waals surface area (Å²) in [6.45, 7) is 2.79. The highest BCUT2D eigenvalue weighted by Crippen LogP contribution is 2.22. The third kappa shape index (κ3) is 3.24. The summed E-state index contributed by atoms with van der Waals surface area (Å²) in [5, 5.41) is 4.03. The van der Waals surface area contributed by atoms with Crippen LogP contribution in [-0.2, 0) is 9.53 Å². The molecule has 1 atom stereocenters. The third-order valence-electron chi connectivity index (χ3n) is 2.94. The molecule has 0 saturated carbocycles. The molecule has 1 heterocycles. The zero-order valence-electron chi connectivity index (χ0n) is 11.6. The minimum Gasteiger partial charge on any atom is -0.489 e. The number of methoxy groups -OCH3 is 1. The largest absolute Gasteiger partial charge is 0.489 e. The molecule has 0 amide bonds. The van der Waals surface area contributed by atoms with Crippen LogP contribution >= 0.6 is 0 Å². The molecule has 1 aromatic heterocycles. The summed E-state index contributed by atoms with van der Waals surface area (Å²) < 4.78 is 10.5. The van der Waals surface area contributed by atoms with Gasteiger partial charge in [0.1, 0.15) is 23.9 Å². The van der Waals surface area contributed by atoms with Gasteiger partial charge in [-0.15, -0.1) is 0 Å². The number of fused-ring (bicyclic) bond motifs is 1. The number of hydrogen-bond acceptors (Lipinski definition) is 5. The molecule has 0 aliphatic heterocycles. The third-order valence-corrected chi connectivity index (χ3v) is 2.94. The number of carbonyl (C=O) groups is 1. The van der Waals surface area contributed by atoms with E-state index in [4.69, 9.17) is 9.47 Å². The number of benzene rings is 1. The highest BCUT2D eigenvalue weighted by molar-refractivity contribution is 5.84. The van der Waals surface area contributed by atoms with Crippen LogP contribution in [0, 0.1) is 0 Å². The number of pyridine rings is 1. The van der Waals surface area contributed by atoms with E-state index in [1.54, 1.807) is 6.20 Å². The number of aromatic nitrogens is 1. The van der Waals surface area contributed by atoms with E-state index in [0.717, 1.165) is 10.9 Å². The van der Waals surface area contributed by atoms with Crippen LogP contribution in [0.4, 0.5) is 0 Å². The Morgan fingerprint density at radius 1 is 1.35 bits per heavy atom. The Morgan fingerprint density at radius 3 is 2.90 bits per heavy atom. The van der Waals surface area contributed by atoms with Gasteiger partial charge in [0.05, 0.1) is 7.11 Å². The maximum atomic E-state index is 11.6. The molecule has 0 radical (unpaired) electrons. The van der Waals surface area contributed by atoms with Crippen molar-refractivity contribution in [2.24, 2.45) is 0 Å². The lowest BCUT2D eigenvalue weighted by molar-refractivity contribution is -0.143. The molecule has 2 aromatic rings. The van der Waals surface area contributed by atoms with Crippen molar-refractivity contribution in [2.75, 3.05) is 20.3 Å². The average Bonchev–Trinajstić information content (AvgIpc) is 2.50. The number of nitrogens with zero attached hydrogens (tertiary/aromatic N) is 1. The Kier molecular flexibility index (Phi) is 4.90. The van der Waals surface area contributed by atoms with Crippen molar-refractivity contribution in [3.05, 3.63) is 36.5 Å². The van der Waals surface area contributed by atoms with Crippen LogP contribution in [-0.4, -0.2) is 37.3 Å². The summed E-state index contributed by atoms with van der Waals surface area (Å²) in [5.74, 6) is 0.329. The fourth-order valence-corrected chi connectivity index (χ4v) is 1.96. The Hall–Kier alpha value is -2.14. The number of carbonyl (C=O) groups excluding carboxylic acids is 1. The number of likely N-dealkylation sites (N-methyl/N-ethyl adjacent to an activating group) is 1. The zero-order chi connectivity index (χ0) is 14.4. The first-order valence-electron chi connectivity index (χ1n) is 6.54. The van der Waals surface area contributed by atoms with Gasteiger partial charge in [-0.3, -0.25) is 9.78 Å². The first-order valence-corrected chi connectivity index (χ1v) is 6.54. The van der Waals surface area contributed by atoms with E-state index in [2.05, 4.69) is 10.3 Å². The first kappa shape index (κ1) is 14.3. The van der Waals surface area contributed by atoms with Crippen LogP contribution < -0.4 is 10.1 Å². The molecule has 1 N–H and O–H groups in total. The highest BCUT2D eigenvalue weighted by Gasteiger charge is 2.19. The monoisotopic (exact) mass is 274 g/mol. The maximum absolute atomic E-state index is 11.6. The van der Waals surface area contributed by atoms with Crippen molar-refractivity contribution in [1.29, 1.82) is 0 Å². The lowest BCUT2D eigenvalue weighted by atomic mass is 10.2. The molecule has 2 rings (SSSR count). The second-order valence-corrected chi connectivity index (χ2v) is 4.28. The van der Waals surface area contributed by atoms with E-state index in [1.807, 2.05) is 37.3 Å². The zero-order valence-corrected chi connectivity index (χ0v) is 11.6. The Bertz CT molecular complexity index is 581. The Morgan fingerprint density at radius 2 is 2.15 bits per heavy atom. The van der Waals surface area contributed by atoms with Gasteiger partial charge in [-0.25, -0.2) is 0 Å². The molecule has 0 aliphatic rings. The van der Waals surface area contributed by atoms with Gasteiger partial charge in [-0.05, 0) is 18.7 Å². The van der Waals surface area contributed by atoms with E-state index in [0.29, 0.717) is 12.3 Å². The molecule has 106 valence electrons. The summed E-state index contributed by atoms with van der Waals surface area (Å²) >= 11 is 0. The average molecular weight is 274 g/mol. The molecule has 0 aliphatic carbocycles. The molecule has 1 unspecified atom stereocenters. The van der Waals surface area contributed by atoms with Gasteiger partial charge in [0.25, 0.3) is 0 Å². The van der Waals surface area contributed by atoms with Crippen molar-refractivity contribution in [2.45, 2.75) is 13.0 Å². The Balaban J connectivity index is 2.13. The summed E-state index contributed by atoms with van der Waals surface area (Å²) in [5.41, 5.74) is 0.787. The number of esters is 1. The number of ether oxygens (including phenoxy) is 2. The molecule has 0 bridgehead atoms. The Labute approximate surface area is 117 Å². The molecule has 1 aromatic carbocycles. The van der Waals surface area contributed by atoms with Gasteiger partial charge in [0.15, 0.2) is 0 Å². The van der Waals surface area contributed by atoms with Gasteiger partial charge in [0, 0.05) is 11.6 Å². The quantitative estimate of drug-likeness (QED) is 0.813. The normalized spacial score (nSPS) is 12.1. The number of hydrogen-bond donors (Lipinski definition) is 1. The summed E-state index contributed by atoms with van der Waals surface area (Å²) in [6, 6.07) is 9.08. The van der Waals surface area contributed by atoms with E-state index < -0.39 is 6.04 Å². The van der Waals surface area contributed by atoms with Crippen LogP contribution in [0.2, 0.25) is 0 Å². The van der Waals surface area contributed by atoms with Crippen molar-refractivity contribution >= 4 is 16.9 Å². The van der Waals surface area contributed by atoms with Gasteiger partial charge < -0.3 is 14.8 Å². The second kappa shape index (κ2) is 6.86. The fraction of sp³-hybridized carbons (Fsp3) is 0.333. The minimum atomic E-state index is -0.482. The van der Waals surface area contributed by atoms with Crippen molar-refractivity contribution in [1.82, 2.24) is 10.3 Å². The van der Waals surface area contributed by atoms with Crippen molar-refractivity contribution < 1.29 is 14.3 Å². The number of para-hydroxylation sites is 1. The SMILES string of the molecule is CCNC(COc1cccc2cccnc12)C(=O)OC. The van der Waals surface area contributed by atoms with Crippen LogP contribution in [0.3, 0.4) is 0 Å². The van der Waals surface area contributed by atoms with Gasteiger partial charge in [0.2, 0.25) is 0 Å². The lowest BCUT2D eigenvalue weighted by Crippen LogP contribution is -2.42. The first-order chi connectivity index (χ1) is 9.76. The molecule has 5 nitrogen and oxygen atoms in total. The number of nitrogens with one attached hydrogen (secondary N) is 1. The van der Waals surface area contributed by atoms with Gasteiger partial charge >= 0.3 is 5.97 Å². The van der Waals surface area contributed by atoms with Gasteiger partial charge in [-0.2, -0.15) is 0 Å². The van der Waals surface area contributed by atoms with Crippen LogP contribution in [0.5, 0.6) is 5.75 Å². The van der Waals surface area contributed by atoms with E-state index >= 15 is 0 Å². The lowest BCUT2D eigenvalue weighted by Gasteiger charge is -2.16. The molecule has 0 saturated heterocycles. The van der Waals surface area contributed by atoms with Crippen LogP contribution in [0.25, 0.3) is 10.9 Å². The predicted octanol–water partition coefficient (Wildman–Crippen LogP) is 1.76. The van der Waals surface area contributed by atoms with Crippen molar-refractivity contribution in [3.63, 3.8) is 0 Å². The van der Waals surface area contributed by atoms with E-state index in [9.17, 15) is 4.79 Å². The van der Waals surface area contributed by atoms with E-state index in [-0.39, 0.29) is 12.6 Å². The van der Waals surface area contributed by atoms with Crippen molar-refractivity contribution in [3.8, 4) is 5.75 Å². The fourth-order valence-electron chi connectivity index (χ4n) is 1.96. The standard InChI is InChI=1S/C15H18N2O3/c1-3-16-12(15(18)19-2)10-20-13-8-4-6-11-7-5-9-17-14(11)13/h4-9,12,16H,3,10H2,1-2H3. The molecular weight excluding hydrogens is 256 g/mol. The van der Waals surface area contributed by atoms with E-state index in [1.165, 1.54) is 7.11 Å². The smallest absolute Gasteiger partial charge is 0.326 e. The predicted molar refractivity (Wildman–Crippen MR) is 76.7 cm³/mol. The summed E-state index contributed by atoms with van der Waals surface area (Å²) in [4.78, 5) is 15.9. The highest BCUT2D eigenvalue weighted by atomic mass is 16.5. The number of rotatable bonds is 6. The molecular formula is C15H18N2O3. The topological polar surface area (TPSA) is 60.5 Å². The maximum Gasteiger partial charge on any atom is 0.326 e. The van der Waals surface area contributed by atoms with Gasteiger partial charge in [-0.1, -0.05) is 25.1 Å². The molecule has 0 spiro atoms. The summed E-state index contributed by atoms with van der Waals surface area (Å²) in [6.07, 6.45) is 1.72. The summed E-state index contributed by atoms with van der Waals surface area (Å²) in [7, 11) is 1.37. The van der Waals surface area contributed by atoms with Crippen LogP contribution in [0.15, 0.2) is 36.5 Å².